The standard InChI is InChI=1S/C54H62F2N6O10/c55-39-7-1-35(2-8-39)13-19-59-21-15-43(16-22-59)61-29-49(45-11-5-37(25-47(45)61)27-51(67)57-41(31-63)32-64)71-53(69)54(70)72-50-30-62(44-17-23-60(24-18-44)20-14-36-3-9-40(56)10-4-36)48-26-38(6-12-46(48)50)28-52(68)58-42(33-65)34-66/h1-12,25-26,29-30,41-44,63-66H,13-24,27-28,31-34H2,(H,57,67)(H,58,68). The van der Waals surface area contributed by atoms with E-state index in [-0.39, 0.29) is 48.1 Å². The Morgan fingerprint density at radius 1 is 0.528 bits per heavy atom. The molecular weight excluding hydrogens is 931 g/mol. The van der Waals surface area contributed by atoms with Gasteiger partial charge in [-0.3, -0.25) is 9.59 Å². The van der Waals surface area contributed by atoms with Crippen molar-refractivity contribution < 1.29 is 57.9 Å². The quantitative estimate of drug-likeness (QED) is 0.0471. The van der Waals surface area contributed by atoms with Gasteiger partial charge < -0.3 is 59.5 Å². The van der Waals surface area contributed by atoms with Crippen molar-refractivity contribution >= 4 is 45.6 Å². The van der Waals surface area contributed by atoms with E-state index in [2.05, 4.69) is 20.4 Å². The smallest absolute Gasteiger partial charge is 0.416 e. The molecule has 4 heterocycles. The summed E-state index contributed by atoms with van der Waals surface area (Å²) in [7, 11) is 0. The largest absolute Gasteiger partial charge is 0.423 e. The molecule has 6 N–H and O–H groups in total. The van der Waals surface area contributed by atoms with Gasteiger partial charge in [0.15, 0.2) is 11.5 Å². The van der Waals surface area contributed by atoms with E-state index in [0.717, 1.165) is 88.9 Å². The Balaban J connectivity index is 0.999. The summed E-state index contributed by atoms with van der Waals surface area (Å²) in [6, 6.07) is 21.9. The van der Waals surface area contributed by atoms with Gasteiger partial charge in [-0.2, -0.15) is 0 Å². The summed E-state index contributed by atoms with van der Waals surface area (Å²) < 4.78 is 42.7. The number of carbonyl (C=O) groups is 4. The normalized spacial score (nSPS) is 15.2. The molecular formula is C54H62F2N6O10. The Morgan fingerprint density at radius 2 is 0.875 bits per heavy atom. The molecule has 0 aliphatic carbocycles. The molecule has 2 aliphatic rings. The summed E-state index contributed by atoms with van der Waals surface area (Å²) in [4.78, 5) is 58.1. The SMILES string of the molecule is O=C(Cc1ccc2c(OC(=O)C(=O)Oc3cn(C4CCN(CCc5ccc(F)cc5)CC4)c4cc(CC(=O)NC(CO)CO)ccc34)cn(C3CCN(CCc4ccc(F)cc4)CC3)c2c1)NC(CO)CO. The first-order valence-corrected chi connectivity index (χ1v) is 24.6. The van der Waals surface area contributed by atoms with Crippen molar-refractivity contribution in [2.24, 2.45) is 0 Å². The van der Waals surface area contributed by atoms with Crippen molar-refractivity contribution in [2.75, 3.05) is 65.7 Å². The van der Waals surface area contributed by atoms with Gasteiger partial charge in [0, 0.05) is 74.5 Å². The molecule has 8 rings (SSSR count). The molecule has 2 aliphatic heterocycles. The second kappa shape index (κ2) is 24.3. The van der Waals surface area contributed by atoms with Crippen LogP contribution in [0.4, 0.5) is 8.78 Å². The Bertz CT molecular complexity index is 2620. The summed E-state index contributed by atoms with van der Waals surface area (Å²) in [5.74, 6) is -3.59. The first-order chi connectivity index (χ1) is 34.9. The van der Waals surface area contributed by atoms with Crippen molar-refractivity contribution in [3.05, 3.63) is 131 Å². The molecule has 16 nitrogen and oxygen atoms in total. The van der Waals surface area contributed by atoms with E-state index in [9.17, 15) is 48.4 Å². The predicted molar refractivity (Wildman–Crippen MR) is 264 cm³/mol. The van der Waals surface area contributed by atoms with E-state index in [4.69, 9.17) is 9.47 Å². The molecule has 0 bridgehead atoms. The van der Waals surface area contributed by atoms with E-state index >= 15 is 0 Å². The third-order valence-corrected chi connectivity index (χ3v) is 13.8. The van der Waals surface area contributed by atoms with Gasteiger partial charge in [-0.25, -0.2) is 18.4 Å². The zero-order chi connectivity index (χ0) is 50.7. The first kappa shape index (κ1) is 51.8. The number of hydrogen-bond donors (Lipinski definition) is 6. The van der Waals surface area contributed by atoms with Crippen LogP contribution in [0, 0.1) is 11.6 Å². The number of aliphatic hydroxyl groups is 4. The van der Waals surface area contributed by atoms with Crippen molar-refractivity contribution in [1.29, 1.82) is 0 Å². The number of fused-ring (bicyclic) bond motifs is 2. The van der Waals surface area contributed by atoms with Crippen molar-refractivity contribution in [3.8, 4) is 11.5 Å². The van der Waals surface area contributed by atoms with Gasteiger partial charge in [-0.1, -0.05) is 36.4 Å². The van der Waals surface area contributed by atoms with Gasteiger partial charge in [0.2, 0.25) is 11.8 Å². The summed E-state index contributed by atoms with van der Waals surface area (Å²) in [5, 5.41) is 44.3. The Labute approximate surface area is 415 Å². The predicted octanol–water partition coefficient (Wildman–Crippen LogP) is 4.17. The molecule has 2 aromatic heterocycles. The average molecular weight is 993 g/mol. The molecule has 2 saturated heterocycles. The third-order valence-electron chi connectivity index (χ3n) is 13.8. The lowest BCUT2D eigenvalue weighted by molar-refractivity contribution is -0.156. The molecule has 0 unspecified atom stereocenters. The summed E-state index contributed by atoms with van der Waals surface area (Å²) in [6.45, 7) is 2.98. The average Bonchev–Trinajstić information content (AvgIpc) is 3.93. The van der Waals surface area contributed by atoms with Gasteiger partial charge in [0.1, 0.15) is 11.6 Å². The highest BCUT2D eigenvalue weighted by atomic mass is 19.1. The molecule has 2 amide bonds. The van der Waals surface area contributed by atoms with E-state index in [1.165, 1.54) is 24.3 Å². The highest BCUT2D eigenvalue weighted by Gasteiger charge is 2.29. The van der Waals surface area contributed by atoms with Crippen molar-refractivity contribution in [2.45, 2.75) is 75.5 Å². The number of benzene rings is 4. The van der Waals surface area contributed by atoms with Gasteiger partial charge in [-0.05, 0) is 109 Å². The molecule has 4 aromatic carbocycles. The Morgan fingerprint density at radius 3 is 1.22 bits per heavy atom. The van der Waals surface area contributed by atoms with Crippen LogP contribution in [-0.2, 0) is 44.9 Å². The monoisotopic (exact) mass is 992 g/mol. The molecule has 0 atom stereocenters. The topological polar surface area (TPSA) is 208 Å². The number of hydrogen-bond acceptors (Lipinski definition) is 12. The van der Waals surface area contributed by atoms with Crippen molar-refractivity contribution in [1.82, 2.24) is 29.6 Å². The number of rotatable bonds is 20. The fourth-order valence-electron chi connectivity index (χ4n) is 9.74. The number of halogens is 2. The van der Waals surface area contributed by atoms with Crippen LogP contribution in [0.2, 0.25) is 0 Å². The van der Waals surface area contributed by atoms with Crippen LogP contribution in [-0.4, -0.2) is 141 Å². The van der Waals surface area contributed by atoms with Crippen LogP contribution in [0.3, 0.4) is 0 Å². The maximum absolute atomic E-state index is 13.8. The number of amides is 2. The lowest BCUT2D eigenvalue weighted by Crippen LogP contribution is -2.40. The van der Waals surface area contributed by atoms with Crippen molar-refractivity contribution in [3.63, 3.8) is 0 Å². The van der Waals surface area contributed by atoms with Gasteiger partial charge >= 0.3 is 11.9 Å². The number of likely N-dealkylation sites (tertiary alicyclic amines) is 2. The van der Waals surface area contributed by atoms with E-state index in [1.54, 1.807) is 60.9 Å². The number of nitrogens with one attached hydrogen (secondary N) is 2. The van der Waals surface area contributed by atoms with E-state index in [1.807, 2.05) is 21.3 Å². The number of carbonyl (C=O) groups excluding carboxylic acids is 4. The molecule has 0 spiro atoms. The minimum absolute atomic E-state index is 0.0271. The number of nitrogens with zero attached hydrogens (tertiary/aromatic N) is 4. The molecule has 6 aromatic rings. The van der Waals surface area contributed by atoms with Crippen LogP contribution >= 0.6 is 0 Å². The number of aromatic nitrogens is 2. The zero-order valence-electron chi connectivity index (χ0n) is 40.1. The molecule has 382 valence electrons. The number of aliphatic hydroxyl groups excluding tert-OH is 4. The fourth-order valence-corrected chi connectivity index (χ4v) is 9.74. The minimum atomic E-state index is -1.25. The van der Waals surface area contributed by atoms with Crippen LogP contribution < -0.4 is 20.1 Å². The van der Waals surface area contributed by atoms with Crippen LogP contribution in [0.1, 0.15) is 60.0 Å². The second-order valence-corrected chi connectivity index (χ2v) is 18.8. The highest BCUT2D eigenvalue weighted by Crippen LogP contribution is 2.37. The van der Waals surface area contributed by atoms with E-state index in [0.29, 0.717) is 32.9 Å². The second-order valence-electron chi connectivity index (χ2n) is 18.8. The lowest BCUT2D eigenvalue weighted by atomic mass is 10.0. The number of piperidine rings is 2. The van der Waals surface area contributed by atoms with Crippen LogP contribution in [0.15, 0.2) is 97.3 Å². The molecule has 0 radical (unpaired) electrons. The van der Waals surface area contributed by atoms with Gasteiger partial charge in [0.25, 0.3) is 0 Å². The summed E-state index contributed by atoms with van der Waals surface area (Å²) >= 11 is 0. The van der Waals surface area contributed by atoms with Gasteiger partial charge in [-0.15, -0.1) is 0 Å². The van der Waals surface area contributed by atoms with Crippen LogP contribution in [0.5, 0.6) is 11.5 Å². The van der Waals surface area contributed by atoms with Gasteiger partial charge in [0.05, 0.1) is 62.4 Å². The fraction of sp³-hybridized carbons (Fsp3) is 0.407. The number of ether oxygens (including phenoxy) is 2. The molecule has 72 heavy (non-hydrogen) atoms. The lowest BCUT2D eigenvalue weighted by Gasteiger charge is -2.33. The Hall–Kier alpha value is -6.54. The zero-order valence-corrected chi connectivity index (χ0v) is 40.1. The van der Waals surface area contributed by atoms with E-state index < -0.39 is 62.3 Å². The third kappa shape index (κ3) is 13.1. The van der Waals surface area contributed by atoms with Crippen LogP contribution in [0.25, 0.3) is 21.8 Å². The summed E-state index contributed by atoms with van der Waals surface area (Å²) in [5.41, 5.74) is 4.72. The molecule has 0 saturated carbocycles. The maximum Gasteiger partial charge on any atom is 0.423 e. The maximum atomic E-state index is 13.8. The molecule has 18 heteroatoms. The molecule has 2 fully saturated rings. The number of esters is 2. The Kier molecular flexibility index (Phi) is 17.4. The highest BCUT2D eigenvalue weighted by molar-refractivity contribution is 6.31. The first-order valence-electron chi connectivity index (χ1n) is 24.6. The summed E-state index contributed by atoms with van der Waals surface area (Å²) in [6.07, 6.45) is 7.84. The minimum Gasteiger partial charge on any atom is -0.416 e.